The van der Waals surface area contributed by atoms with Crippen LogP contribution in [0.15, 0.2) is 30.3 Å². The van der Waals surface area contributed by atoms with Crippen molar-refractivity contribution in [1.82, 2.24) is 9.97 Å². The molecule has 0 atom stereocenters. The van der Waals surface area contributed by atoms with Gasteiger partial charge in [-0.05, 0) is 6.92 Å². The Morgan fingerprint density at radius 2 is 1.80 bits per heavy atom. The molecule has 0 fully saturated rings. The minimum atomic E-state index is 0.445. The summed E-state index contributed by atoms with van der Waals surface area (Å²) >= 11 is 0. The van der Waals surface area contributed by atoms with Gasteiger partial charge in [0.15, 0.2) is 23.0 Å². The van der Waals surface area contributed by atoms with E-state index in [-0.39, 0.29) is 0 Å². The van der Waals surface area contributed by atoms with Crippen LogP contribution in [0, 0.1) is 5.41 Å². The Balaban J connectivity index is 2.69. The lowest BCUT2D eigenvalue weighted by atomic mass is 10.1. The topological polar surface area (TPSA) is 69.5 Å². The van der Waals surface area contributed by atoms with Gasteiger partial charge >= 0.3 is 0 Å². The van der Waals surface area contributed by atoms with Gasteiger partial charge in [0, 0.05) is 19.7 Å². The van der Waals surface area contributed by atoms with Crippen LogP contribution >= 0.6 is 0 Å². The molecule has 0 aliphatic rings. The zero-order valence-corrected chi connectivity index (χ0v) is 12.3. The predicted molar refractivity (Wildman–Crippen MR) is 81.8 cm³/mol. The van der Waals surface area contributed by atoms with Gasteiger partial charge in [-0.1, -0.05) is 30.3 Å². The van der Waals surface area contributed by atoms with Gasteiger partial charge in [-0.2, -0.15) is 0 Å². The van der Waals surface area contributed by atoms with Crippen LogP contribution in [0.5, 0.6) is 0 Å². The van der Waals surface area contributed by atoms with E-state index in [1.54, 1.807) is 6.92 Å². The van der Waals surface area contributed by atoms with E-state index >= 15 is 0 Å². The number of anilines is 1. The molecule has 5 heteroatoms. The number of nitrogens with two attached hydrogens (primary N) is 1. The molecule has 0 amide bonds. The first-order chi connectivity index (χ1) is 9.54. The van der Waals surface area contributed by atoms with E-state index in [4.69, 9.17) is 5.41 Å². The van der Waals surface area contributed by atoms with Crippen LogP contribution in [0.2, 0.25) is 0 Å². The zero-order chi connectivity index (χ0) is 14.7. The van der Waals surface area contributed by atoms with Crippen molar-refractivity contribution in [2.45, 2.75) is 6.92 Å². The molecule has 0 unspecified atom stereocenters. The molecule has 1 aromatic heterocycles. The average molecular weight is 270 g/mol. The predicted octanol–water partition coefficient (Wildman–Crippen LogP) is 1.42. The number of aromatic nitrogens is 2. The van der Waals surface area contributed by atoms with Crippen molar-refractivity contribution in [1.29, 1.82) is 5.41 Å². The molecule has 104 valence electrons. The molecule has 0 saturated carbocycles. The van der Waals surface area contributed by atoms with Gasteiger partial charge in [0.25, 0.3) is 0 Å². The fraction of sp³-hybridized carbons (Fsp3) is 0.267. The van der Waals surface area contributed by atoms with Crippen LogP contribution in [0.4, 0.5) is 11.5 Å². The number of nitrogens with one attached hydrogen (secondary N) is 1. The Morgan fingerprint density at radius 1 is 1.15 bits per heavy atom. The lowest BCUT2D eigenvalue weighted by Gasteiger charge is -2.16. The third-order valence-corrected chi connectivity index (χ3v) is 3.03. The summed E-state index contributed by atoms with van der Waals surface area (Å²) in [5, 5.41) is 9.90. The molecule has 0 radical (unpaired) electrons. The molecule has 0 aliphatic carbocycles. The van der Waals surface area contributed by atoms with E-state index in [1.807, 2.05) is 61.7 Å². The van der Waals surface area contributed by atoms with E-state index in [0.717, 1.165) is 17.1 Å². The quantitative estimate of drug-likeness (QED) is 0.826. The highest BCUT2D eigenvalue weighted by atomic mass is 15.2. The van der Waals surface area contributed by atoms with E-state index in [2.05, 4.69) is 9.97 Å². The van der Waals surface area contributed by atoms with Gasteiger partial charge in [-0.15, -0.1) is 0 Å². The van der Waals surface area contributed by atoms with Gasteiger partial charge in [0.1, 0.15) is 0 Å². The van der Waals surface area contributed by atoms with E-state index in [9.17, 15) is 0 Å². The molecule has 2 aromatic rings. The first kappa shape index (κ1) is 14.1. The molecule has 0 bridgehead atoms. The van der Waals surface area contributed by atoms with Crippen LogP contribution in [0.3, 0.4) is 0 Å². The van der Waals surface area contributed by atoms with Crippen molar-refractivity contribution in [3.63, 3.8) is 0 Å². The number of quaternary nitrogens is 1. The summed E-state index contributed by atoms with van der Waals surface area (Å²) in [7, 11) is 5.85. The summed E-state index contributed by atoms with van der Waals surface area (Å²) in [6.07, 6.45) is 0. The summed E-state index contributed by atoms with van der Waals surface area (Å²) in [5.41, 5.74) is 2.99. The van der Waals surface area contributed by atoms with Gasteiger partial charge < -0.3 is 15.6 Å². The van der Waals surface area contributed by atoms with Crippen LogP contribution < -0.4 is 10.2 Å². The molecule has 0 aliphatic heterocycles. The molecule has 3 N–H and O–H groups in total. The molecule has 2 rings (SSSR count). The van der Waals surface area contributed by atoms with Crippen molar-refractivity contribution < 1.29 is 5.32 Å². The summed E-state index contributed by atoms with van der Waals surface area (Å²) < 4.78 is 0. The lowest BCUT2D eigenvalue weighted by molar-refractivity contribution is -0.539. The number of rotatable bonds is 4. The van der Waals surface area contributed by atoms with Crippen molar-refractivity contribution in [2.75, 3.05) is 26.0 Å². The van der Waals surface area contributed by atoms with Gasteiger partial charge in [-0.25, -0.2) is 9.97 Å². The molecule has 0 saturated heterocycles. The third-order valence-electron chi connectivity index (χ3n) is 3.03. The third kappa shape index (κ3) is 2.67. The smallest absolute Gasteiger partial charge is 0.200 e. The summed E-state index contributed by atoms with van der Waals surface area (Å²) in [6, 6.07) is 9.85. The molecule has 0 spiro atoms. The van der Waals surface area contributed by atoms with Gasteiger partial charge in [-0.3, -0.25) is 0 Å². The molecule has 5 nitrogen and oxygen atoms in total. The minimum Gasteiger partial charge on any atom is -0.358 e. The highest BCUT2D eigenvalue weighted by Gasteiger charge is 2.20. The van der Waals surface area contributed by atoms with E-state index in [0.29, 0.717) is 17.2 Å². The Labute approximate surface area is 119 Å². The maximum atomic E-state index is 7.95. The van der Waals surface area contributed by atoms with Crippen LogP contribution in [-0.4, -0.2) is 36.8 Å². The van der Waals surface area contributed by atoms with Crippen molar-refractivity contribution in [3.8, 4) is 11.4 Å². The van der Waals surface area contributed by atoms with Gasteiger partial charge in [0.05, 0.1) is 12.8 Å². The maximum absolute atomic E-state index is 7.95. The SMILES string of the molecule is C[NH2+]c1c(C(C)=N)nc(-c2ccccc2)nc1N(C)C. The monoisotopic (exact) mass is 270 g/mol. The molecule has 20 heavy (non-hydrogen) atoms. The Kier molecular flexibility index (Phi) is 4.10. The number of benzene rings is 1. The molecular weight excluding hydrogens is 250 g/mol. The van der Waals surface area contributed by atoms with Crippen molar-refractivity contribution >= 4 is 17.2 Å². The number of hydrogen-bond donors (Lipinski definition) is 2. The molecule has 1 heterocycles. The second-order valence-electron chi connectivity index (χ2n) is 4.81. The first-order valence-electron chi connectivity index (χ1n) is 6.54. The Hall–Kier alpha value is -2.27. The van der Waals surface area contributed by atoms with E-state index < -0.39 is 0 Å². The van der Waals surface area contributed by atoms with Crippen LogP contribution in [0.1, 0.15) is 12.6 Å². The summed E-state index contributed by atoms with van der Waals surface area (Å²) in [4.78, 5) is 11.2. The van der Waals surface area contributed by atoms with Crippen molar-refractivity contribution in [2.24, 2.45) is 0 Å². The number of hydrogen-bond acceptors (Lipinski definition) is 4. The number of nitrogens with zero attached hydrogens (tertiary/aromatic N) is 3. The average Bonchev–Trinajstić information content (AvgIpc) is 2.46. The largest absolute Gasteiger partial charge is 0.358 e. The highest BCUT2D eigenvalue weighted by Crippen LogP contribution is 2.25. The normalized spacial score (nSPS) is 10.4. The van der Waals surface area contributed by atoms with Gasteiger partial charge in [0.2, 0.25) is 0 Å². The summed E-state index contributed by atoms with van der Waals surface area (Å²) in [5.74, 6) is 1.49. The Morgan fingerprint density at radius 3 is 2.30 bits per heavy atom. The molecular formula is C15H20N5+. The fourth-order valence-corrected chi connectivity index (χ4v) is 2.07. The van der Waals surface area contributed by atoms with Crippen molar-refractivity contribution in [3.05, 3.63) is 36.0 Å². The Bertz CT molecular complexity index is 620. The van der Waals surface area contributed by atoms with E-state index in [1.165, 1.54) is 0 Å². The first-order valence-corrected chi connectivity index (χ1v) is 6.54. The van der Waals surface area contributed by atoms with Crippen LogP contribution in [0.25, 0.3) is 11.4 Å². The fourth-order valence-electron chi connectivity index (χ4n) is 2.07. The zero-order valence-electron chi connectivity index (χ0n) is 12.3. The maximum Gasteiger partial charge on any atom is 0.200 e. The minimum absolute atomic E-state index is 0.445. The summed E-state index contributed by atoms with van der Waals surface area (Å²) in [6.45, 7) is 1.75. The standard InChI is InChI=1S/C15H19N5/c1-10(16)12-13(17-2)15(20(3)4)19-14(18-12)11-8-6-5-7-9-11/h5-9,16-17H,1-4H3/p+1. The molecule has 1 aromatic carbocycles. The van der Waals surface area contributed by atoms with Crippen LogP contribution in [-0.2, 0) is 0 Å². The lowest BCUT2D eigenvalue weighted by Crippen LogP contribution is -2.74. The second kappa shape index (κ2) is 5.79. The highest BCUT2D eigenvalue weighted by molar-refractivity contribution is 6.00. The second-order valence-corrected chi connectivity index (χ2v) is 4.81.